The fraction of sp³-hybridized carbons (Fsp3) is 0.364. The van der Waals surface area contributed by atoms with Crippen molar-refractivity contribution in [1.82, 2.24) is 4.90 Å². The summed E-state index contributed by atoms with van der Waals surface area (Å²) in [5.74, 6) is -0.602. The number of alkyl halides is 3. The number of hydrogen-bond acceptors (Lipinski definition) is 2. The number of nitrogens with zero attached hydrogens (tertiary/aromatic N) is 1. The number of halogens is 5. The molecule has 0 radical (unpaired) electrons. The molecule has 0 aliphatic rings. The summed E-state index contributed by atoms with van der Waals surface area (Å²) < 4.78 is 36.2. The van der Waals surface area contributed by atoms with E-state index < -0.39 is 25.0 Å². The van der Waals surface area contributed by atoms with Crippen LogP contribution in [0.5, 0.6) is 0 Å². The van der Waals surface area contributed by atoms with E-state index in [1.165, 1.54) is 19.2 Å². The summed E-state index contributed by atoms with van der Waals surface area (Å²) in [6.45, 7) is -0.442. The van der Waals surface area contributed by atoms with Gasteiger partial charge in [0.25, 0.3) is 5.91 Å². The molecule has 1 amide bonds. The van der Waals surface area contributed by atoms with Crippen LogP contribution in [0, 0.1) is 0 Å². The summed E-state index contributed by atoms with van der Waals surface area (Å²) in [4.78, 5) is 12.8. The molecule has 1 aromatic carbocycles. The first-order chi connectivity index (χ1) is 8.61. The highest BCUT2D eigenvalue weighted by Gasteiger charge is 2.28. The highest BCUT2D eigenvalue weighted by atomic mass is 35.5. The summed E-state index contributed by atoms with van der Waals surface area (Å²) in [6, 6.07) is 2.55. The Morgan fingerprint density at radius 1 is 1.37 bits per heavy atom. The molecule has 1 rings (SSSR count). The number of nitrogen functional groups attached to an aromatic ring is 1. The molecule has 2 N–H and O–H groups in total. The fourth-order valence-electron chi connectivity index (χ4n) is 1.35. The molecule has 19 heavy (non-hydrogen) atoms. The SMILES string of the molecule is CN(CCC(F)(F)F)C(=O)c1cc(N)c(Cl)c(Cl)c1. The van der Waals surface area contributed by atoms with Crippen LogP contribution < -0.4 is 5.73 Å². The predicted octanol–water partition coefficient (Wildman–Crippen LogP) is 3.60. The average molecular weight is 315 g/mol. The lowest BCUT2D eigenvalue weighted by atomic mass is 10.1. The van der Waals surface area contributed by atoms with Crippen LogP contribution in [-0.2, 0) is 0 Å². The van der Waals surface area contributed by atoms with Crippen molar-refractivity contribution < 1.29 is 18.0 Å². The molecule has 0 aliphatic heterocycles. The molecule has 0 heterocycles. The highest BCUT2D eigenvalue weighted by molar-refractivity contribution is 6.43. The normalized spacial score (nSPS) is 11.5. The van der Waals surface area contributed by atoms with E-state index in [2.05, 4.69) is 0 Å². The Labute approximate surface area is 118 Å². The molecule has 106 valence electrons. The molecule has 0 aliphatic carbocycles. The Hall–Kier alpha value is -1.14. The highest BCUT2D eigenvalue weighted by Crippen LogP contribution is 2.30. The molecule has 3 nitrogen and oxygen atoms in total. The molecule has 1 aromatic rings. The molecule has 0 aromatic heterocycles. The van der Waals surface area contributed by atoms with Crippen molar-refractivity contribution in [2.45, 2.75) is 12.6 Å². The minimum Gasteiger partial charge on any atom is -0.397 e. The van der Waals surface area contributed by atoms with Gasteiger partial charge in [0.15, 0.2) is 0 Å². The summed E-state index contributed by atoms with van der Waals surface area (Å²) in [7, 11) is 1.27. The molecule has 0 saturated heterocycles. The second kappa shape index (κ2) is 5.88. The average Bonchev–Trinajstić information content (AvgIpc) is 2.30. The molecular weight excluding hydrogens is 304 g/mol. The lowest BCUT2D eigenvalue weighted by molar-refractivity contribution is -0.136. The summed E-state index contributed by atoms with van der Waals surface area (Å²) in [5.41, 5.74) is 5.73. The van der Waals surface area contributed by atoms with Crippen LogP contribution in [0.25, 0.3) is 0 Å². The van der Waals surface area contributed by atoms with Crippen molar-refractivity contribution in [1.29, 1.82) is 0 Å². The van der Waals surface area contributed by atoms with E-state index in [1.54, 1.807) is 0 Å². The van der Waals surface area contributed by atoms with Crippen molar-refractivity contribution in [3.63, 3.8) is 0 Å². The summed E-state index contributed by atoms with van der Waals surface area (Å²) in [6.07, 6.45) is -5.39. The number of anilines is 1. The van der Waals surface area contributed by atoms with Gasteiger partial charge in [-0.2, -0.15) is 13.2 Å². The third-order valence-electron chi connectivity index (χ3n) is 2.38. The standard InChI is InChI=1S/C11H11Cl2F3N2O/c1-18(3-2-11(14,15)16)10(19)6-4-7(12)9(13)8(17)5-6/h4-5H,2-3,17H2,1H3. The smallest absolute Gasteiger partial charge is 0.390 e. The Morgan fingerprint density at radius 2 is 1.95 bits per heavy atom. The first-order valence-electron chi connectivity index (χ1n) is 5.18. The van der Waals surface area contributed by atoms with Gasteiger partial charge < -0.3 is 10.6 Å². The zero-order chi connectivity index (χ0) is 14.8. The van der Waals surface area contributed by atoms with E-state index in [4.69, 9.17) is 28.9 Å². The predicted molar refractivity (Wildman–Crippen MR) is 68.5 cm³/mol. The minimum atomic E-state index is -4.31. The van der Waals surface area contributed by atoms with E-state index in [9.17, 15) is 18.0 Å². The molecule has 0 fully saturated rings. The maximum Gasteiger partial charge on any atom is 0.390 e. The van der Waals surface area contributed by atoms with Crippen LogP contribution >= 0.6 is 23.2 Å². The van der Waals surface area contributed by atoms with Crippen molar-refractivity contribution >= 4 is 34.8 Å². The minimum absolute atomic E-state index is 0.0780. The van der Waals surface area contributed by atoms with Crippen LogP contribution in [0.1, 0.15) is 16.8 Å². The number of carbonyl (C=O) groups excluding carboxylic acids is 1. The van der Waals surface area contributed by atoms with Crippen LogP contribution in [0.2, 0.25) is 10.0 Å². The van der Waals surface area contributed by atoms with Crippen molar-refractivity contribution in [3.05, 3.63) is 27.7 Å². The van der Waals surface area contributed by atoms with Crippen LogP contribution in [0.4, 0.5) is 18.9 Å². The lowest BCUT2D eigenvalue weighted by Crippen LogP contribution is -2.30. The van der Waals surface area contributed by atoms with Gasteiger partial charge in [0, 0.05) is 19.2 Å². The molecule has 8 heteroatoms. The zero-order valence-electron chi connectivity index (χ0n) is 9.89. The maximum atomic E-state index is 12.1. The van der Waals surface area contributed by atoms with E-state index >= 15 is 0 Å². The molecule has 0 unspecified atom stereocenters. The first-order valence-corrected chi connectivity index (χ1v) is 5.94. The largest absolute Gasteiger partial charge is 0.397 e. The number of carbonyl (C=O) groups is 1. The van der Waals surface area contributed by atoms with Crippen LogP contribution in [0.3, 0.4) is 0 Å². The van der Waals surface area contributed by atoms with E-state index in [1.807, 2.05) is 0 Å². The van der Waals surface area contributed by atoms with Gasteiger partial charge in [-0.1, -0.05) is 23.2 Å². The topological polar surface area (TPSA) is 46.3 Å². The van der Waals surface area contributed by atoms with Gasteiger partial charge in [0.05, 0.1) is 22.2 Å². The van der Waals surface area contributed by atoms with E-state index in [0.29, 0.717) is 0 Å². The number of rotatable bonds is 3. The van der Waals surface area contributed by atoms with E-state index in [0.717, 1.165) is 4.90 Å². The number of amides is 1. The Kier molecular flexibility index (Phi) is 4.92. The number of hydrogen-bond donors (Lipinski definition) is 1. The summed E-state index contributed by atoms with van der Waals surface area (Å²) in [5, 5.41) is 0.186. The third-order valence-corrected chi connectivity index (χ3v) is 3.20. The van der Waals surface area contributed by atoms with Gasteiger partial charge in [0.1, 0.15) is 0 Å². The van der Waals surface area contributed by atoms with Crippen LogP contribution in [-0.4, -0.2) is 30.6 Å². The quantitative estimate of drug-likeness (QED) is 0.866. The zero-order valence-corrected chi connectivity index (χ0v) is 11.4. The Morgan fingerprint density at radius 3 is 2.42 bits per heavy atom. The third kappa shape index (κ3) is 4.47. The Bertz CT molecular complexity index is 468. The van der Waals surface area contributed by atoms with Crippen LogP contribution in [0.15, 0.2) is 12.1 Å². The Balaban J connectivity index is 2.83. The monoisotopic (exact) mass is 314 g/mol. The maximum absolute atomic E-state index is 12.1. The number of nitrogens with two attached hydrogens (primary N) is 1. The van der Waals surface area contributed by atoms with Crippen molar-refractivity contribution in [2.75, 3.05) is 19.3 Å². The second-order valence-corrected chi connectivity index (χ2v) is 4.74. The van der Waals surface area contributed by atoms with Gasteiger partial charge in [-0.3, -0.25) is 4.79 Å². The van der Waals surface area contributed by atoms with Gasteiger partial charge >= 0.3 is 6.18 Å². The first kappa shape index (κ1) is 15.9. The van der Waals surface area contributed by atoms with Gasteiger partial charge in [0.2, 0.25) is 0 Å². The molecule has 0 atom stereocenters. The molecule has 0 saturated carbocycles. The van der Waals surface area contributed by atoms with Gasteiger partial charge in [-0.15, -0.1) is 0 Å². The van der Waals surface area contributed by atoms with Crippen molar-refractivity contribution in [2.24, 2.45) is 0 Å². The molecular formula is C11H11Cl2F3N2O. The summed E-state index contributed by atoms with van der Waals surface area (Å²) >= 11 is 11.5. The van der Waals surface area contributed by atoms with Crippen molar-refractivity contribution in [3.8, 4) is 0 Å². The van der Waals surface area contributed by atoms with E-state index in [-0.39, 0.29) is 21.3 Å². The van der Waals surface area contributed by atoms with Gasteiger partial charge in [-0.05, 0) is 12.1 Å². The molecule has 0 spiro atoms. The second-order valence-electron chi connectivity index (χ2n) is 3.95. The van der Waals surface area contributed by atoms with Gasteiger partial charge in [-0.25, -0.2) is 0 Å². The fourth-order valence-corrected chi connectivity index (χ4v) is 1.69. The lowest BCUT2D eigenvalue weighted by Gasteiger charge is -2.18. The molecule has 0 bridgehead atoms. The number of benzene rings is 1.